The van der Waals surface area contributed by atoms with Gasteiger partial charge in [0.05, 0.1) is 24.5 Å². The summed E-state index contributed by atoms with van der Waals surface area (Å²) >= 11 is 0. The molecule has 7 nitrogen and oxygen atoms in total. The molecule has 3 rings (SSSR count). The van der Waals surface area contributed by atoms with E-state index in [1.54, 1.807) is 38.2 Å². The van der Waals surface area contributed by atoms with Crippen molar-refractivity contribution in [3.8, 4) is 11.5 Å². The third-order valence-electron chi connectivity index (χ3n) is 5.43. The molecule has 0 saturated carbocycles. The zero-order valence-electron chi connectivity index (χ0n) is 18.5. The molecule has 168 valence electrons. The van der Waals surface area contributed by atoms with E-state index < -0.39 is 15.6 Å². The van der Waals surface area contributed by atoms with Crippen molar-refractivity contribution in [3.05, 3.63) is 59.2 Å². The van der Waals surface area contributed by atoms with Gasteiger partial charge >= 0.3 is 5.97 Å². The Morgan fingerprint density at radius 1 is 1.19 bits per heavy atom. The molecule has 0 aromatic heterocycles. The summed E-state index contributed by atoms with van der Waals surface area (Å²) in [5.41, 5.74) is 1.67. The summed E-state index contributed by atoms with van der Waals surface area (Å²) in [6, 6.07) is 12.1. The van der Waals surface area contributed by atoms with Gasteiger partial charge in [-0.05, 0) is 56.7 Å². The largest absolute Gasteiger partial charge is 0.489 e. The summed E-state index contributed by atoms with van der Waals surface area (Å²) in [4.78, 5) is 11.6. The first-order valence-corrected chi connectivity index (χ1v) is 11.8. The van der Waals surface area contributed by atoms with E-state index >= 15 is 0 Å². The average molecular weight is 448 g/mol. The number of nitrogens with zero attached hydrogens (tertiary/aromatic N) is 1. The maximum atomic E-state index is 12.5. The molecule has 0 saturated heterocycles. The number of rotatable bonds is 7. The second-order valence-electron chi connectivity index (χ2n) is 8.18. The standard InChI is InChI=1S/C23H29NO6S/c1-6-31(26,27)24(4)20-14-23(2,3)30-21-12-11-18(13-19(20)21)29-15-16-7-9-17(10-8-16)22(25)28-5/h7-13,20H,6,14-15H2,1-5H3. The van der Waals surface area contributed by atoms with Gasteiger partial charge in [0.25, 0.3) is 0 Å². The Labute approximate surface area is 184 Å². The van der Waals surface area contributed by atoms with Crippen LogP contribution in [0.1, 0.15) is 54.7 Å². The van der Waals surface area contributed by atoms with Gasteiger partial charge in [-0.3, -0.25) is 0 Å². The summed E-state index contributed by atoms with van der Waals surface area (Å²) in [7, 11) is -0.413. The van der Waals surface area contributed by atoms with E-state index in [9.17, 15) is 13.2 Å². The van der Waals surface area contributed by atoms with Crippen LogP contribution in [0.3, 0.4) is 0 Å². The Morgan fingerprint density at radius 2 is 1.87 bits per heavy atom. The van der Waals surface area contributed by atoms with Gasteiger partial charge in [-0.1, -0.05) is 12.1 Å². The Hall–Kier alpha value is -2.58. The first kappa shape index (κ1) is 23.1. The smallest absolute Gasteiger partial charge is 0.337 e. The van der Waals surface area contributed by atoms with Crippen LogP contribution < -0.4 is 9.47 Å². The molecule has 2 aromatic carbocycles. The third-order valence-corrected chi connectivity index (χ3v) is 7.30. The number of ether oxygens (including phenoxy) is 3. The van der Waals surface area contributed by atoms with Crippen LogP contribution in [0.2, 0.25) is 0 Å². The SMILES string of the molecule is CCS(=O)(=O)N(C)C1CC(C)(C)Oc2ccc(OCc3ccc(C(=O)OC)cc3)cc21. The molecule has 1 unspecified atom stereocenters. The first-order chi connectivity index (χ1) is 14.6. The maximum Gasteiger partial charge on any atom is 0.337 e. The number of sulfonamides is 1. The van der Waals surface area contributed by atoms with Crippen LogP contribution in [-0.4, -0.2) is 44.2 Å². The summed E-state index contributed by atoms with van der Waals surface area (Å²) in [5.74, 6) is 0.928. The summed E-state index contributed by atoms with van der Waals surface area (Å²) < 4.78 is 43.2. The van der Waals surface area contributed by atoms with Gasteiger partial charge in [-0.2, -0.15) is 4.31 Å². The van der Waals surface area contributed by atoms with Gasteiger partial charge in [0.1, 0.15) is 23.7 Å². The summed E-state index contributed by atoms with van der Waals surface area (Å²) in [6.45, 7) is 5.86. The number of hydrogen-bond donors (Lipinski definition) is 0. The fourth-order valence-electron chi connectivity index (χ4n) is 3.63. The highest BCUT2D eigenvalue weighted by Gasteiger charge is 2.39. The van der Waals surface area contributed by atoms with Crippen LogP contribution >= 0.6 is 0 Å². The minimum absolute atomic E-state index is 0.0361. The fourth-order valence-corrected chi connectivity index (χ4v) is 4.61. The minimum atomic E-state index is -3.37. The van der Waals surface area contributed by atoms with Gasteiger partial charge < -0.3 is 14.2 Å². The maximum absolute atomic E-state index is 12.5. The van der Waals surface area contributed by atoms with Crippen LogP contribution in [0.4, 0.5) is 0 Å². The molecule has 1 heterocycles. The Kier molecular flexibility index (Phi) is 6.62. The van der Waals surface area contributed by atoms with Crippen LogP contribution in [0.25, 0.3) is 0 Å². The van der Waals surface area contributed by atoms with Crippen LogP contribution in [0.5, 0.6) is 11.5 Å². The molecule has 1 aliphatic rings. The molecule has 0 N–H and O–H groups in total. The second kappa shape index (κ2) is 8.88. The normalized spacial score (nSPS) is 17.5. The molecule has 0 fully saturated rings. The quantitative estimate of drug-likeness (QED) is 0.598. The van der Waals surface area contributed by atoms with Gasteiger partial charge in [-0.15, -0.1) is 0 Å². The minimum Gasteiger partial charge on any atom is -0.489 e. The molecule has 0 aliphatic carbocycles. The van der Waals surface area contributed by atoms with Gasteiger partial charge in [-0.25, -0.2) is 13.2 Å². The van der Waals surface area contributed by atoms with E-state index in [4.69, 9.17) is 14.2 Å². The highest BCUT2D eigenvalue weighted by atomic mass is 32.2. The number of esters is 1. The number of carbonyl (C=O) groups excluding carboxylic acids is 1. The van der Waals surface area contributed by atoms with Crippen molar-refractivity contribution >= 4 is 16.0 Å². The molecular weight excluding hydrogens is 418 g/mol. The number of methoxy groups -OCH3 is 1. The number of fused-ring (bicyclic) bond motifs is 1. The predicted molar refractivity (Wildman–Crippen MR) is 118 cm³/mol. The molecule has 0 amide bonds. The lowest BCUT2D eigenvalue weighted by atomic mass is 9.89. The number of carbonyl (C=O) groups is 1. The molecule has 8 heteroatoms. The Bertz CT molecular complexity index is 1050. The Balaban J connectivity index is 1.82. The van der Waals surface area contributed by atoms with Gasteiger partial charge in [0.15, 0.2) is 0 Å². The molecule has 0 radical (unpaired) electrons. The fraction of sp³-hybridized carbons (Fsp3) is 0.435. The van der Waals surface area contributed by atoms with E-state index in [2.05, 4.69) is 0 Å². The summed E-state index contributed by atoms with van der Waals surface area (Å²) in [6.07, 6.45) is 0.536. The van der Waals surface area contributed by atoms with E-state index in [1.807, 2.05) is 32.0 Å². The van der Waals surface area contributed by atoms with Crippen molar-refractivity contribution < 1.29 is 27.4 Å². The van der Waals surface area contributed by atoms with Crippen molar-refractivity contribution in [3.63, 3.8) is 0 Å². The zero-order valence-corrected chi connectivity index (χ0v) is 19.4. The van der Waals surface area contributed by atoms with Gasteiger partial charge in [0.2, 0.25) is 10.0 Å². The van der Waals surface area contributed by atoms with Crippen LogP contribution in [-0.2, 0) is 21.4 Å². The van der Waals surface area contributed by atoms with Crippen molar-refractivity contribution in [2.45, 2.75) is 45.4 Å². The van der Waals surface area contributed by atoms with E-state index in [0.717, 1.165) is 11.1 Å². The number of hydrogen-bond acceptors (Lipinski definition) is 6. The molecule has 0 bridgehead atoms. The molecule has 31 heavy (non-hydrogen) atoms. The van der Waals surface area contributed by atoms with Crippen molar-refractivity contribution in [2.75, 3.05) is 19.9 Å². The monoisotopic (exact) mass is 447 g/mol. The molecular formula is C23H29NO6S. The second-order valence-corrected chi connectivity index (χ2v) is 10.5. The lowest BCUT2D eigenvalue weighted by Crippen LogP contribution is -2.42. The highest BCUT2D eigenvalue weighted by molar-refractivity contribution is 7.89. The topological polar surface area (TPSA) is 82.1 Å². The van der Waals surface area contributed by atoms with E-state index in [1.165, 1.54) is 11.4 Å². The molecule has 2 aromatic rings. The van der Waals surface area contributed by atoms with E-state index in [0.29, 0.717) is 30.1 Å². The lowest BCUT2D eigenvalue weighted by Gasteiger charge is -2.40. The van der Waals surface area contributed by atoms with Crippen LogP contribution in [0, 0.1) is 0 Å². The highest BCUT2D eigenvalue weighted by Crippen LogP contribution is 2.44. The van der Waals surface area contributed by atoms with Crippen molar-refractivity contribution in [1.82, 2.24) is 4.31 Å². The van der Waals surface area contributed by atoms with E-state index in [-0.39, 0.29) is 17.8 Å². The molecule has 1 atom stereocenters. The number of benzene rings is 2. The lowest BCUT2D eigenvalue weighted by molar-refractivity contribution is 0.0538. The first-order valence-electron chi connectivity index (χ1n) is 10.1. The summed E-state index contributed by atoms with van der Waals surface area (Å²) in [5, 5.41) is 0. The van der Waals surface area contributed by atoms with Crippen molar-refractivity contribution in [1.29, 1.82) is 0 Å². The molecule has 1 aliphatic heterocycles. The average Bonchev–Trinajstić information content (AvgIpc) is 2.75. The third kappa shape index (κ3) is 5.19. The molecule has 0 spiro atoms. The van der Waals surface area contributed by atoms with Gasteiger partial charge in [0, 0.05) is 19.0 Å². The van der Waals surface area contributed by atoms with Crippen molar-refractivity contribution in [2.24, 2.45) is 0 Å². The Morgan fingerprint density at radius 3 is 2.48 bits per heavy atom. The van der Waals surface area contributed by atoms with Crippen LogP contribution in [0.15, 0.2) is 42.5 Å². The zero-order chi connectivity index (χ0) is 22.8. The predicted octanol–water partition coefficient (Wildman–Crippen LogP) is 3.94.